The third-order valence-electron chi connectivity index (χ3n) is 1.29. The summed E-state index contributed by atoms with van der Waals surface area (Å²) in [4.78, 5) is 37.0. The Morgan fingerprint density at radius 1 is 0.783 bits per heavy atom. The van der Waals surface area contributed by atoms with E-state index in [9.17, 15) is 37.8 Å². The second kappa shape index (κ2) is 18.4. The van der Waals surface area contributed by atoms with Crippen LogP contribution >= 0.6 is 33.0 Å². The second-order valence-corrected chi connectivity index (χ2v) is 5.80. The third-order valence-corrected chi connectivity index (χ3v) is 3.43. The van der Waals surface area contributed by atoms with Crippen molar-refractivity contribution in [3.05, 3.63) is 35.9 Å². The minimum absolute atomic E-state index is 0. The molecule has 0 saturated carbocycles. The summed E-state index contributed by atoms with van der Waals surface area (Å²) in [7, 11) is -12.9. The van der Waals surface area contributed by atoms with Gasteiger partial charge in [0.05, 0.1) is 6.61 Å². The van der Waals surface area contributed by atoms with Gasteiger partial charge in [0, 0.05) is 0 Å². The van der Waals surface area contributed by atoms with Crippen LogP contribution in [-0.2, 0) is 54.6 Å². The number of hydrogen-bond donors (Lipinski definition) is 1. The van der Waals surface area contributed by atoms with E-state index in [4.69, 9.17) is 5.11 Å². The molecule has 0 fully saturated rings. The van der Waals surface area contributed by atoms with Crippen LogP contribution in [-0.4, -0.2) is 5.11 Å². The van der Waals surface area contributed by atoms with Crippen LogP contribution in [0.2, 0.25) is 0 Å². The SMILES string of the molecule is O=[P+]([O-])O[P+](=O)[O-].O=[P+]([O-])O[P+](=O)[O-].OCc1ccccc1.[Mo+4]. The average Bonchev–Trinajstić information content (AvgIpc) is 2.38. The Kier molecular flexibility index (Phi) is 22.2. The molecule has 0 aromatic heterocycles. The summed E-state index contributed by atoms with van der Waals surface area (Å²) in [6.07, 6.45) is 0. The average molecular weight is 488 g/mol. The number of aliphatic hydroxyl groups excluding tert-OH is 1. The molecule has 11 nitrogen and oxygen atoms in total. The summed E-state index contributed by atoms with van der Waals surface area (Å²) < 4.78 is 43.3. The van der Waals surface area contributed by atoms with Crippen LogP contribution < -0.4 is 19.6 Å². The molecule has 1 aromatic carbocycles. The molecule has 1 rings (SSSR count). The Labute approximate surface area is 148 Å². The first-order valence-corrected chi connectivity index (χ1v) is 9.15. The summed E-state index contributed by atoms with van der Waals surface area (Å²) in [6, 6.07) is 9.52. The van der Waals surface area contributed by atoms with Crippen molar-refractivity contribution in [2.75, 3.05) is 0 Å². The first-order chi connectivity index (χ1) is 10.2. The standard InChI is InChI=1S/C7H8O.Mo.2O5P2/c8-6-7-4-2-1-3-5-7;;2*1-6(2)5-7(3)4/h1-5,8H,6H2;;;/q;+4;;. The maximum Gasteiger partial charge on any atom is 4.00 e. The molecule has 0 radical (unpaired) electrons. The number of aliphatic hydroxyl groups is 1. The third kappa shape index (κ3) is 27.2. The predicted octanol–water partition coefficient (Wildman–Crippen LogP) is -0.747. The maximum absolute atomic E-state index is 9.24. The zero-order valence-electron chi connectivity index (χ0n) is 10.8. The van der Waals surface area contributed by atoms with Crippen molar-refractivity contribution >= 4 is 33.0 Å². The molecule has 1 N–H and O–H groups in total. The number of rotatable bonds is 5. The molecular weight excluding hydrogens is 480 g/mol. The molecule has 23 heavy (non-hydrogen) atoms. The molecule has 0 aliphatic rings. The van der Waals surface area contributed by atoms with Crippen molar-refractivity contribution in [3.8, 4) is 0 Å². The van der Waals surface area contributed by atoms with Gasteiger partial charge in [0.25, 0.3) is 0 Å². The van der Waals surface area contributed by atoms with Gasteiger partial charge >= 0.3 is 54.1 Å². The minimum Gasteiger partial charge on any atom is -0.563 e. The smallest absolute Gasteiger partial charge is 0.563 e. The van der Waals surface area contributed by atoms with E-state index in [2.05, 4.69) is 8.62 Å². The van der Waals surface area contributed by atoms with E-state index in [1.54, 1.807) is 0 Å². The van der Waals surface area contributed by atoms with E-state index in [1.165, 1.54) is 0 Å². The van der Waals surface area contributed by atoms with Crippen LogP contribution in [0.25, 0.3) is 0 Å². The van der Waals surface area contributed by atoms with Gasteiger partial charge in [0.1, 0.15) is 8.62 Å². The van der Waals surface area contributed by atoms with Gasteiger partial charge in [-0.2, -0.15) is 0 Å². The molecule has 4 unspecified atom stereocenters. The maximum atomic E-state index is 9.24. The van der Waals surface area contributed by atoms with Gasteiger partial charge in [0.15, 0.2) is 0 Å². The molecule has 0 spiro atoms. The fourth-order valence-electron chi connectivity index (χ4n) is 0.692. The van der Waals surface area contributed by atoms with Gasteiger partial charge in [-0.05, 0) is 23.8 Å². The topological polar surface area (TPSA) is 199 Å². The number of benzene rings is 1. The van der Waals surface area contributed by atoms with E-state index >= 15 is 0 Å². The summed E-state index contributed by atoms with van der Waals surface area (Å²) in [5, 5.41) is 8.54. The summed E-state index contributed by atoms with van der Waals surface area (Å²) >= 11 is 0. The van der Waals surface area contributed by atoms with Crippen molar-refractivity contribution in [2.45, 2.75) is 6.61 Å². The van der Waals surface area contributed by atoms with Crippen molar-refractivity contribution in [2.24, 2.45) is 0 Å². The van der Waals surface area contributed by atoms with Gasteiger partial charge in [-0.1, -0.05) is 30.3 Å². The van der Waals surface area contributed by atoms with Crippen LogP contribution in [0.5, 0.6) is 0 Å². The van der Waals surface area contributed by atoms with E-state index in [0.717, 1.165) is 5.56 Å². The molecule has 0 amide bonds. The van der Waals surface area contributed by atoms with Crippen molar-refractivity contribution in [1.82, 2.24) is 0 Å². The Balaban J connectivity index is -0.000000257. The minimum atomic E-state index is -3.24. The Morgan fingerprint density at radius 3 is 1.22 bits per heavy atom. The van der Waals surface area contributed by atoms with E-state index in [0.29, 0.717) is 0 Å². The van der Waals surface area contributed by atoms with Crippen molar-refractivity contribution in [3.63, 3.8) is 0 Å². The fraction of sp³-hybridized carbons (Fsp3) is 0.143. The zero-order valence-corrected chi connectivity index (χ0v) is 16.4. The van der Waals surface area contributed by atoms with E-state index in [-0.39, 0.29) is 27.7 Å². The Morgan fingerprint density at radius 2 is 1.09 bits per heavy atom. The van der Waals surface area contributed by atoms with Gasteiger partial charge in [0.2, 0.25) is 0 Å². The Bertz CT molecular complexity index is 448. The van der Waals surface area contributed by atoms with Crippen LogP contribution in [0, 0.1) is 0 Å². The summed E-state index contributed by atoms with van der Waals surface area (Å²) in [6.45, 7) is 0.140. The summed E-state index contributed by atoms with van der Waals surface area (Å²) in [5.74, 6) is 0. The van der Waals surface area contributed by atoms with Crippen LogP contribution in [0.1, 0.15) is 5.56 Å². The van der Waals surface area contributed by atoms with Gasteiger partial charge in [-0.25, -0.2) is 0 Å². The molecule has 0 aliphatic heterocycles. The van der Waals surface area contributed by atoms with Gasteiger partial charge < -0.3 is 24.7 Å². The second-order valence-electron chi connectivity index (χ2n) is 2.70. The summed E-state index contributed by atoms with van der Waals surface area (Å²) in [5.41, 5.74) is 0.965. The van der Waals surface area contributed by atoms with E-state index < -0.39 is 33.0 Å². The molecule has 0 bridgehead atoms. The molecule has 124 valence electrons. The van der Waals surface area contributed by atoms with Crippen LogP contribution in [0.4, 0.5) is 0 Å². The zero-order chi connectivity index (χ0) is 17.5. The Hall–Kier alpha value is 0.0283. The first kappa shape index (κ1) is 27.9. The molecular formula is C7H8MoO11P4+4. The largest absolute Gasteiger partial charge is 4.00 e. The van der Waals surface area contributed by atoms with E-state index in [1.807, 2.05) is 30.3 Å². The van der Waals surface area contributed by atoms with Crippen molar-refractivity contribution in [1.29, 1.82) is 0 Å². The quantitative estimate of drug-likeness (QED) is 0.404. The molecule has 0 heterocycles. The van der Waals surface area contributed by atoms with Crippen LogP contribution in [0.3, 0.4) is 0 Å². The molecule has 16 heteroatoms. The fourth-order valence-corrected chi connectivity index (χ4v) is 1.56. The molecule has 0 aliphatic carbocycles. The van der Waals surface area contributed by atoms with Gasteiger partial charge in [-0.15, -0.1) is 0 Å². The van der Waals surface area contributed by atoms with Gasteiger partial charge in [-0.3, -0.25) is 0 Å². The molecule has 0 saturated heterocycles. The number of hydrogen-bond acceptors (Lipinski definition) is 11. The molecule has 4 atom stereocenters. The van der Waals surface area contributed by atoms with Crippen LogP contribution in [0.15, 0.2) is 30.3 Å². The van der Waals surface area contributed by atoms with Crippen molar-refractivity contribution < 1.29 is 72.6 Å². The monoisotopic (exact) mass is 490 g/mol. The first-order valence-electron chi connectivity index (χ1n) is 4.77. The predicted molar refractivity (Wildman–Crippen MR) is 65.0 cm³/mol. The normalized spacial score (nSPS) is 11.3. The molecule has 1 aromatic rings.